The van der Waals surface area contributed by atoms with Gasteiger partial charge in [0.15, 0.2) is 0 Å². The van der Waals surface area contributed by atoms with Gasteiger partial charge in [0.25, 0.3) is 0 Å². The van der Waals surface area contributed by atoms with E-state index in [9.17, 15) is 0 Å². The Kier molecular flexibility index (Phi) is 5.44. The second-order valence-electron chi connectivity index (χ2n) is 4.66. The average molecular weight is 271 g/mol. The van der Waals surface area contributed by atoms with Crippen LogP contribution >= 0.6 is 0 Å². The molecule has 0 heterocycles. The van der Waals surface area contributed by atoms with Gasteiger partial charge in [0.1, 0.15) is 12.4 Å². The zero-order chi connectivity index (χ0) is 14.2. The molecule has 0 radical (unpaired) electrons. The van der Waals surface area contributed by atoms with E-state index in [-0.39, 0.29) is 0 Å². The van der Waals surface area contributed by atoms with Gasteiger partial charge in [-0.25, -0.2) is 0 Å². The summed E-state index contributed by atoms with van der Waals surface area (Å²) < 4.78 is 10.6. The summed E-state index contributed by atoms with van der Waals surface area (Å²) >= 11 is 0. The Labute approximate surface area is 120 Å². The highest BCUT2D eigenvalue weighted by atomic mass is 16.5. The number of rotatable bonds is 7. The van der Waals surface area contributed by atoms with Crippen molar-refractivity contribution in [3.05, 3.63) is 59.7 Å². The summed E-state index contributed by atoms with van der Waals surface area (Å²) in [6.07, 6.45) is 0. The monoisotopic (exact) mass is 271 g/mol. The standard InChI is InChI=1S/C17H21NO2/c1-14-6-3-4-9-17(14)18-13-15-7-5-8-16(12-15)20-11-10-19-2/h3-9,12,18H,10-11,13H2,1-2H3. The summed E-state index contributed by atoms with van der Waals surface area (Å²) in [5.74, 6) is 0.881. The van der Waals surface area contributed by atoms with E-state index in [0.717, 1.165) is 12.3 Å². The molecular weight excluding hydrogens is 250 g/mol. The Balaban J connectivity index is 1.93. The molecule has 2 rings (SSSR count). The molecular formula is C17H21NO2. The first-order valence-electron chi connectivity index (χ1n) is 6.80. The smallest absolute Gasteiger partial charge is 0.119 e. The first kappa shape index (κ1) is 14.4. The third kappa shape index (κ3) is 4.28. The number of methoxy groups -OCH3 is 1. The minimum absolute atomic E-state index is 0.575. The van der Waals surface area contributed by atoms with E-state index < -0.39 is 0 Å². The SMILES string of the molecule is COCCOc1cccc(CNc2ccccc2C)c1. The molecule has 3 nitrogen and oxygen atoms in total. The molecule has 0 saturated carbocycles. The molecule has 0 spiro atoms. The van der Waals surface area contributed by atoms with Crippen molar-refractivity contribution in [3.63, 3.8) is 0 Å². The van der Waals surface area contributed by atoms with E-state index in [0.29, 0.717) is 13.2 Å². The molecule has 0 saturated heterocycles. The van der Waals surface area contributed by atoms with Crippen molar-refractivity contribution < 1.29 is 9.47 Å². The maximum Gasteiger partial charge on any atom is 0.119 e. The van der Waals surface area contributed by atoms with Crippen LogP contribution in [0.4, 0.5) is 5.69 Å². The van der Waals surface area contributed by atoms with Gasteiger partial charge in [-0.15, -0.1) is 0 Å². The molecule has 0 aliphatic rings. The van der Waals surface area contributed by atoms with Crippen LogP contribution in [0.5, 0.6) is 5.75 Å². The minimum Gasteiger partial charge on any atom is -0.491 e. The van der Waals surface area contributed by atoms with Gasteiger partial charge < -0.3 is 14.8 Å². The molecule has 0 aromatic heterocycles. The number of hydrogen-bond donors (Lipinski definition) is 1. The zero-order valence-corrected chi connectivity index (χ0v) is 12.1. The van der Waals surface area contributed by atoms with Gasteiger partial charge in [0, 0.05) is 19.3 Å². The van der Waals surface area contributed by atoms with Crippen molar-refractivity contribution in [2.75, 3.05) is 25.6 Å². The fourth-order valence-electron chi connectivity index (χ4n) is 1.96. The molecule has 0 aliphatic carbocycles. The predicted molar refractivity (Wildman–Crippen MR) is 82.3 cm³/mol. The van der Waals surface area contributed by atoms with Crippen LogP contribution in [-0.2, 0) is 11.3 Å². The van der Waals surface area contributed by atoms with Crippen molar-refractivity contribution in [1.29, 1.82) is 0 Å². The van der Waals surface area contributed by atoms with Gasteiger partial charge >= 0.3 is 0 Å². The first-order chi connectivity index (χ1) is 9.79. The number of aryl methyl sites for hydroxylation is 1. The summed E-state index contributed by atoms with van der Waals surface area (Å²) in [5, 5.41) is 3.44. The number of para-hydroxylation sites is 1. The average Bonchev–Trinajstić information content (AvgIpc) is 2.47. The minimum atomic E-state index is 0.575. The first-order valence-corrected chi connectivity index (χ1v) is 6.80. The van der Waals surface area contributed by atoms with Crippen molar-refractivity contribution >= 4 is 5.69 Å². The lowest BCUT2D eigenvalue weighted by atomic mass is 10.1. The number of anilines is 1. The summed E-state index contributed by atoms with van der Waals surface area (Å²) in [6, 6.07) is 16.4. The van der Waals surface area contributed by atoms with Crippen LogP contribution in [0.3, 0.4) is 0 Å². The van der Waals surface area contributed by atoms with Gasteiger partial charge in [-0.3, -0.25) is 0 Å². The van der Waals surface area contributed by atoms with Crippen molar-refractivity contribution in [3.8, 4) is 5.75 Å². The van der Waals surface area contributed by atoms with Crippen molar-refractivity contribution in [1.82, 2.24) is 0 Å². The number of hydrogen-bond acceptors (Lipinski definition) is 3. The molecule has 0 fully saturated rings. The van der Waals surface area contributed by atoms with Gasteiger partial charge in [-0.2, -0.15) is 0 Å². The van der Waals surface area contributed by atoms with E-state index in [1.807, 2.05) is 24.3 Å². The molecule has 0 bridgehead atoms. The third-order valence-corrected chi connectivity index (χ3v) is 3.08. The highest BCUT2D eigenvalue weighted by Crippen LogP contribution is 2.17. The largest absolute Gasteiger partial charge is 0.491 e. The van der Waals surface area contributed by atoms with Crippen LogP contribution in [0.2, 0.25) is 0 Å². The highest BCUT2D eigenvalue weighted by molar-refractivity contribution is 5.50. The van der Waals surface area contributed by atoms with E-state index >= 15 is 0 Å². The number of nitrogens with one attached hydrogen (secondary N) is 1. The van der Waals surface area contributed by atoms with Crippen molar-refractivity contribution in [2.24, 2.45) is 0 Å². The molecule has 20 heavy (non-hydrogen) atoms. The lowest BCUT2D eigenvalue weighted by Crippen LogP contribution is -2.05. The Morgan fingerprint density at radius 1 is 1.00 bits per heavy atom. The van der Waals surface area contributed by atoms with Crippen molar-refractivity contribution in [2.45, 2.75) is 13.5 Å². The van der Waals surface area contributed by atoms with Gasteiger partial charge in [0.05, 0.1) is 6.61 Å². The van der Waals surface area contributed by atoms with Crippen LogP contribution in [0, 0.1) is 6.92 Å². The molecule has 0 atom stereocenters. The molecule has 1 N–H and O–H groups in total. The molecule has 0 amide bonds. The second-order valence-corrected chi connectivity index (χ2v) is 4.66. The van der Waals surface area contributed by atoms with Crippen LogP contribution < -0.4 is 10.1 Å². The van der Waals surface area contributed by atoms with Gasteiger partial charge in [0.2, 0.25) is 0 Å². The molecule has 0 unspecified atom stereocenters. The fraction of sp³-hybridized carbons (Fsp3) is 0.294. The maximum absolute atomic E-state index is 5.61. The summed E-state index contributed by atoms with van der Waals surface area (Å²) in [6.45, 7) is 4.07. The molecule has 0 aliphatic heterocycles. The quantitative estimate of drug-likeness (QED) is 0.780. The number of ether oxygens (including phenoxy) is 2. The van der Waals surface area contributed by atoms with E-state index in [1.54, 1.807) is 7.11 Å². The predicted octanol–water partition coefficient (Wildman–Crippen LogP) is 3.63. The maximum atomic E-state index is 5.61. The Morgan fingerprint density at radius 2 is 1.85 bits per heavy atom. The summed E-state index contributed by atoms with van der Waals surface area (Å²) in [7, 11) is 1.67. The molecule has 106 valence electrons. The van der Waals surface area contributed by atoms with Crippen LogP contribution in [0.15, 0.2) is 48.5 Å². The van der Waals surface area contributed by atoms with E-state index in [2.05, 4.69) is 36.5 Å². The Hall–Kier alpha value is -2.00. The normalized spacial score (nSPS) is 10.3. The van der Waals surface area contributed by atoms with E-state index in [1.165, 1.54) is 16.8 Å². The fourth-order valence-corrected chi connectivity index (χ4v) is 1.96. The summed E-state index contributed by atoms with van der Waals surface area (Å²) in [5.41, 5.74) is 3.61. The third-order valence-electron chi connectivity index (χ3n) is 3.08. The second kappa shape index (κ2) is 7.56. The van der Waals surface area contributed by atoms with E-state index in [4.69, 9.17) is 9.47 Å². The molecule has 2 aromatic rings. The topological polar surface area (TPSA) is 30.5 Å². The zero-order valence-electron chi connectivity index (χ0n) is 12.1. The Morgan fingerprint density at radius 3 is 2.65 bits per heavy atom. The van der Waals surface area contributed by atoms with Gasteiger partial charge in [-0.1, -0.05) is 30.3 Å². The summed E-state index contributed by atoms with van der Waals surface area (Å²) in [4.78, 5) is 0. The van der Waals surface area contributed by atoms with Gasteiger partial charge in [-0.05, 0) is 36.2 Å². The molecule has 2 aromatic carbocycles. The van der Waals surface area contributed by atoms with Crippen LogP contribution in [0.25, 0.3) is 0 Å². The van der Waals surface area contributed by atoms with Crippen LogP contribution in [-0.4, -0.2) is 20.3 Å². The Bertz CT molecular complexity index is 540. The highest BCUT2D eigenvalue weighted by Gasteiger charge is 1.99. The number of benzene rings is 2. The van der Waals surface area contributed by atoms with Crippen LogP contribution in [0.1, 0.15) is 11.1 Å². The molecule has 3 heteroatoms. The lowest BCUT2D eigenvalue weighted by Gasteiger charge is -2.11. The lowest BCUT2D eigenvalue weighted by molar-refractivity contribution is 0.146.